The number of carbonyl (C=O) groups excluding carboxylic acids is 1. The number of piperidine rings is 1. The summed E-state index contributed by atoms with van der Waals surface area (Å²) in [4.78, 5) is 14.1. The molecule has 0 aromatic heterocycles. The van der Waals surface area contributed by atoms with Gasteiger partial charge in [-0.3, -0.25) is 9.69 Å². The third-order valence-corrected chi connectivity index (χ3v) is 4.55. The number of fused-ring (bicyclic) bond motifs is 2. The Kier molecular flexibility index (Phi) is 3.89. The molecule has 22 heavy (non-hydrogen) atoms. The van der Waals surface area contributed by atoms with Gasteiger partial charge >= 0.3 is 5.97 Å². The van der Waals surface area contributed by atoms with Gasteiger partial charge in [-0.15, -0.1) is 0 Å². The first kappa shape index (κ1) is 15.3. The highest BCUT2D eigenvalue weighted by Crippen LogP contribution is 2.45. The van der Waals surface area contributed by atoms with Crippen molar-refractivity contribution in [1.29, 1.82) is 0 Å². The number of para-hydroxylation sites is 1. The minimum Gasteiger partial charge on any atom is -0.492 e. The summed E-state index contributed by atoms with van der Waals surface area (Å²) in [5.41, 5.74) is 1.07. The lowest BCUT2D eigenvalue weighted by Gasteiger charge is -2.38. The molecule has 4 heteroatoms. The van der Waals surface area contributed by atoms with E-state index in [1.54, 1.807) is 0 Å². The summed E-state index contributed by atoms with van der Waals surface area (Å²) < 4.78 is 11.3. The summed E-state index contributed by atoms with van der Waals surface area (Å²) in [6.07, 6.45) is 2.07. The Bertz CT molecular complexity index is 554. The van der Waals surface area contributed by atoms with E-state index in [0.717, 1.165) is 38.3 Å². The summed E-state index contributed by atoms with van der Waals surface area (Å²) in [6, 6.07) is 8.35. The second-order valence-electron chi connectivity index (χ2n) is 7.43. The zero-order chi connectivity index (χ0) is 15.8. The molecular formula is C18H25NO3. The summed E-state index contributed by atoms with van der Waals surface area (Å²) in [5, 5.41) is 0. The number of hydrogen-bond acceptors (Lipinski definition) is 4. The normalized spacial score (nSPS) is 20.5. The van der Waals surface area contributed by atoms with E-state index >= 15 is 0 Å². The Labute approximate surface area is 132 Å². The van der Waals surface area contributed by atoms with Crippen LogP contribution < -0.4 is 4.74 Å². The van der Waals surface area contributed by atoms with Crippen LogP contribution in [-0.2, 0) is 14.9 Å². The molecule has 4 nitrogen and oxygen atoms in total. The van der Waals surface area contributed by atoms with Gasteiger partial charge in [-0.2, -0.15) is 0 Å². The van der Waals surface area contributed by atoms with Gasteiger partial charge in [0.25, 0.3) is 0 Å². The maximum absolute atomic E-state index is 11.9. The predicted molar refractivity (Wildman–Crippen MR) is 85.1 cm³/mol. The monoisotopic (exact) mass is 303 g/mol. The molecule has 2 heterocycles. The largest absolute Gasteiger partial charge is 0.492 e. The molecular weight excluding hydrogens is 278 g/mol. The molecule has 1 spiro atoms. The van der Waals surface area contributed by atoms with Gasteiger partial charge in [0.05, 0.1) is 13.2 Å². The minimum atomic E-state index is -0.410. The smallest absolute Gasteiger partial charge is 0.320 e. The third kappa shape index (κ3) is 3.12. The van der Waals surface area contributed by atoms with Crippen molar-refractivity contribution in [2.75, 3.05) is 26.2 Å². The van der Waals surface area contributed by atoms with E-state index < -0.39 is 5.60 Å². The molecule has 2 aliphatic rings. The molecule has 1 fully saturated rings. The second-order valence-corrected chi connectivity index (χ2v) is 7.43. The van der Waals surface area contributed by atoms with Gasteiger partial charge in [-0.1, -0.05) is 18.2 Å². The first-order chi connectivity index (χ1) is 10.4. The highest BCUT2D eigenvalue weighted by molar-refractivity contribution is 5.72. The van der Waals surface area contributed by atoms with E-state index in [0.29, 0.717) is 6.54 Å². The van der Waals surface area contributed by atoms with E-state index in [9.17, 15) is 4.79 Å². The number of benzene rings is 1. The summed E-state index contributed by atoms with van der Waals surface area (Å²) in [6.45, 7) is 8.70. The Hall–Kier alpha value is -1.55. The van der Waals surface area contributed by atoms with E-state index in [2.05, 4.69) is 23.1 Å². The molecule has 0 atom stereocenters. The molecule has 120 valence electrons. The van der Waals surface area contributed by atoms with Crippen molar-refractivity contribution >= 4 is 5.97 Å². The van der Waals surface area contributed by atoms with Crippen molar-refractivity contribution in [1.82, 2.24) is 4.90 Å². The van der Waals surface area contributed by atoms with Crippen molar-refractivity contribution in [3.05, 3.63) is 29.8 Å². The quantitative estimate of drug-likeness (QED) is 0.788. The van der Waals surface area contributed by atoms with Crippen LogP contribution in [0.3, 0.4) is 0 Å². The van der Waals surface area contributed by atoms with Crippen molar-refractivity contribution in [2.24, 2.45) is 0 Å². The Morgan fingerprint density at radius 3 is 2.64 bits per heavy atom. The first-order valence-corrected chi connectivity index (χ1v) is 8.05. The summed E-state index contributed by atoms with van der Waals surface area (Å²) in [5.74, 6) is 0.898. The van der Waals surface area contributed by atoms with Gasteiger partial charge in [0.1, 0.15) is 11.4 Å². The fraction of sp³-hybridized carbons (Fsp3) is 0.611. The number of carbonyl (C=O) groups is 1. The number of likely N-dealkylation sites (tertiary alicyclic amines) is 1. The highest BCUT2D eigenvalue weighted by Gasteiger charge is 2.43. The van der Waals surface area contributed by atoms with E-state index in [4.69, 9.17) is 9.47 Å². The molecule has 1 aromatic carbocycles. The van der Waals surface area contributed by atoms with Crippen LogP contribution in [0.1, 0.15) is 39.2 Å². The average molecular weight is 303 g/mol. The number of ether oxygens (including phenoxy) is 2. The lowest BCUT2D eigenvalue weighted by molar-refractivity contribution is -0.156. The lowest BCUT2D eigenvalue weighted by Crippen LogP contribution is -2.46. The molecule has 3 rings (SSSR count). The maximum Gasteiger partial charge on any atom is 0.320 e. The molecule has 0 saturated carbocycles. The molecule has 1 aromatic rings. The van der Waals surface area contributed by atoms with Crippen LogP contribution >= 0.6 is 0 Å². The van der Waals surface area contributed by atoms with Gasteiger partial charge in [0.2, 0.25) is 0 Å². The van der Waals surface area contributed by atoms with Crippen LogP contribution in [-0.4, -0.2) is 42.7 Å². The Morgan fingerprint density at radius 1 is 1.27 bits per heavy atom. The number of esters is 1. The molecule has 0 aliphatic carbocycles. The van der Waals surface area contributed by atoms with Crippen molar-refractivity contribution in [3.8, 4) is 5.75 Å². The van der Waals surface area contributed by atoms with Gasteiger partial charge in [0.15, 0.2) is 0 Å². The topological polar surface area (TPSA) is 38.8 Å². The van der Waals surface area contributed by atoms with Crippen LogP contribution in [0.4, 0.5) is 0 Å². The molecule has 0 unspecified atom stereocenters. The minimum absolute atomic E-state index is 0.133. The molecule has 2 aliphatic heterocycles. The van der Waals surface area contributed by atoms with E-state index in [1.807, 2.05) is 26.8 Å². The van der Waals surface area contributed by atoms with Crippen molar-refractivity contribution in [3.63, 3.8) is 0 Å². The molecule has 1 saturated heterocycles. The summed E-state index contributed by atoms with van der Waals surface area (Å²) >= 11 is 0. The standard InChI is InChI=1S/C18H25NO3/c1-17(2,3)22-16(20)12-19-10-8-18(9-11-19)13-21-15-7-5-4-6-14(15)18/h4-7H,8-13H2,1-3H3. The second kappa shape index (κ2) is 5.58. The number of rotatable bonds is 2. The number of hydrogen-bond donors (Lipinski definition) is 0. The first-order valence-electron chi connectivity index (χ1n) is 8.05. The lowest BCUT2D eigenvalue weighted by atomic mass is 9.74. The van der Waals surface area contributed by atoms with Crippen LogP contribution in [0.15, 0.2) is 24.3 Å². The van der Waals surface area contributed by atoms with Gasteiger partial charge in [0, 0.05) is 11.0 Å². The van der Waals surface area contributed by atoms with Crippen molar-refractivity contribution in [2.45, 2.75) is 44.6 Å². The zero-order valence-electron chi connectivity index (χ0n) is 13.7. The fourth-order valence-electron chi connectivity index (χ4n) is 3.43. The fourth-order valence-corrected chi connectivity index (χ4v) is 3.43. The Morgan fingerprint density at radius 2 is 1.95 bits per heavy atom. The molecule has 0 N–H and O–H groups in total. The predicted octanol–water partition coefficient (Wildman–Crippen LogP) is 2.75. The third-order valence-electron chi connectivity index (χ3n) is 4.55. The zero-order valence-corrected chi connectivity index (χ0v) is 13.7. The Balaban J connectivity index is 1.59. The van der Waals surface area contributed by atoms with Crippen LogP contribution in [0, 0.1) is 0 Å². The van der Waals surface area contributed by atoms with Gasteiger partial charge in [-0.05, 0) is 52.8 Å². The SMILES string of the molecule is CC(C)(C)OC(=O)CN1CCC2(CC1)COc1ccccc12. The molecule has 0 radical (unpaired) electrons. The summed E-state index contributed by atoms with van der Waals surface area (Å²) in [7, 11) is 0. The van der Waals surface area contributed by atoms with E-state index in [1.165, 1.54) is 5.56 Å². The maximum atomic E-state index is 11.9. The molecule has 0 bridgehead atoms. The van der Waals surface area contributed by atoms with Crippen LogP contribution in [0.2, 0.25) is 0 Å². The van der Waals surface area contributed by atoms with E-state index in [-0.39, 0.29) is 11.4 Å². The van der Waals surface area contributed by atoms with Crippen LogP contribution in [0.5, 0.6) is 5.75 Å². The van der Waals surface area contributed by atoms with Gasteiger partial charge < -0.3 is 9.47 Å². The van der Waals surface area contributed by atoms with Crippen molar-refractivity contribution < 1.29 is 14.3 Å². The van der Waals surface area contributed by atoms with Crippen LogP contribution in [0.25, 0.3) is 0 Å². The highest BCUT2D eigenvalue weighted by atomic mass is 16.6. The molecule has 0 amide bonds. The van der Waals surface area contributed by atoms with Gasteiger partial charge in [-0.25, -0.2) is 0 Å². The number of nitrogens with zero attached hydrogens (tertiary/aromatic N) is 1. The average Bonchev–Trinajstić information content (AvgIpc) is 2.79.